The zero-order valence-electron chi connectivity index (χ0n) is 9.87. The summed E-state index contributed by atoms with van der Waals surface area (Å²) in [4.78, 5) is 9.82. The van der Waals surface area contributed by atoms with E-state index in [0.717, 1.165) is 12.5 Å². The van der Waals surface area contributed by atoms with Gasteiger partial charge >= 0.3 is 0 Å². The molecule has 1 aliphatic rings. The Morgan fingerprint density at radius 1 is 1.62 bits per heavy atom. The molecule has 1 aromatic heterocycles. The maximum absolute atomic E-state index is 13.5. The quantitative estimate of drug-likeness (QED) is 0.846. The molecule has 2 rings (SSSR count). The molecular formula is C11H17FN4. The minimum Gasteiger partial charge on any atom is -0.357 e. The number of anilines is 2. The Labute approximate surface area is 94.9 Å². The van der Waals surface area contributed by atoms with Gasteiger partial charge in [0.15, 0.2) is 11.6 Å². The number of nitrogens with zero attached hydrogens (tertiary/aromatic N) is 3. The Bertz CT molecular complexity index is 382. The molecule has 0 amide bonds. The van der Waals surface area contributed by atoms with Crippen molar-refractivity contribution in [1.29, 1.82) is 0 Å². The molecule has 4 nitrogen and oxygen atoms in total. The van der Waals surface area contributed by atoms with Crippen molar-refractivity contribution in [2.24, 2.45) is 11.8 Å². The summed E-state index contributed by atoms with van der Waals surface area (Å²) in [5, 5.41) is 2.81. The third-order valence-electron chi connectivity index (χ3n) is 3.10. The van der Waals surface area contributed by atoms with Crippen LogP contribution in [0.5, 0.6) is 0 Å². The molecular weight excluding hydrogens is 207 g/mol. The zero-order chi connectivity index (χ0) is 11.7. The summed E-state index contributed by atoms with van der Waals surface area (Å²) >= 11 is 0. The fraction of sp³-hybridized carbons (Fsp3) is 0.636. The van der Waals surface area contributed by atoms with E-state index in [9.17, 15) is 4.39 Å². The molecule has 0 spiro atoms. The van der Waals surface area contributed by atoms with Crippen molar-refractivity contribution in [3.8, 4) is 0 Å². The normalized spacial score (nSPS) is 23.0. The van der Waals surface area contributed by atoms with Crippen LogP contribution in [-0.2, 0) is 0 Å². The molecule has 0 saturated heterocycles. The first kappa shape index (κ1) is 11.1. The first-order valence-electron chi connectivity index (χ1n) is 5.53. The lowest BCUT2D eigenvalue weighted by Crippen LogP contribution is -2.23. The van der Waals surface area contributed by atoms with Gasteiger partial charge in [0.2, 0.25) is 5.95 Å². The van der Waals surface area contributed by atoms with Gasteiger partial charge in [0.05, 0.1) is 6.20 Å². The van der Waals surface area contributed by atoms with Crippen LogP contribution in [0.3, 0.4) is 0 Å². The minimum absolute atomic E-state index is 0.366. The van der Waals surface area contributed by atoms with Crippen molar-refractivity contribution in [2.75, 3.05) is 30.9 Å². The summed E-state index contributed by atoms with van der Waals surface area (Å²) in [5.41, 5.74) is 0. The Kier molecular flexibility index (Phi) is 2.94. The fourth-order valence-corrected chi connectivity index (χ4v) is 1.84. The van der Waals surface area contributed by atoms with E-state index in [1.807, 2.05) is 11.9 Å². The first-order chi connectivity index (χ1) is 7.61. The van der Waals surface area contributed by atoms with Crippen molar-refractivity contribution in [3.63, 3.8) is 0 Å². The zero-order valence-corrected chi connectivity index (χ0v) is 9.87. The number of hydrogen-bond donors (Lipinski definition) is 1. The van der Waals surface area contributed by atoms with Crippen LogP contribution in [-0.4, -0.2) is 30.6 Å². The molecule has 1 aromatic rings. The van der Waals surface area contributed by atoms with Crippen LogP contribution < -0.4 is 10.2 Å². The van der Waals surface area contributed by atoms with Crippen LogP contribution >= 0.6 is 0 Å². The van der Waals surface area contributed by atoms with E-state index >= 15 is 0 Å². The number of nitrogens with one attached hydrogen (secondary N) is 1. The lowest BCUT2D eigenvalue weighted by molar-refractivity contribution is 0.602. The van der Waals surface area contributed by atoms with Crippen molar-refractivity contribution in [3.05, 3.63) is 12.0 Å². The molecule has 1 N–H and O–H groups in total. The second kappa shape index (κ2) is 4.23. The van der Waals surface area contributed by atoms with Crippen LogP contribution in [0.4, 0.5) is 16.2 Å². The van der Waals surface area contributed by atoms with E-state index in [-0.39, 0.29) is 5.82 Å². The van der Waals surface area contributed by atoms with Crippen LogP contribution in [0.15, 0.2) is 6.20 Å². The van der Waals surface area contributed by atoms with E-state index in [1.54, 1.807) is 7.05 Å². The van der Waals surface area contributed by atoms with Crippen molar-refractivity contribution >= 4 is 11.8 Å². The lowest BCUT2D eigenvalue weighted by Gasteiger charge is -2.18. The Morgan fingerprint density at radius 2 is 2.31 bits per heavy atom. The summed E-state index contributed by atoms with van der Waals surface area (Å²) in [6.45, 7) is 3.08. The topological polar surface area (TPSA) is 41.1 Å². The highest BCUT2D eigenvalue weighted by atomic mass is 19.1. The summed E-state index contributed by atoms with van der Waals surface area (Å²) in [5.74, 6) is 1.90. The molecule has 2 atom stereocenters. The van der Waals surface area contributed by atoms with Gasteiger partial charge in [0, 0.05) is 20.6 Å². The first-order valence-corrected chi connectivity index (χ1v) is 5.53. The van der Waals surface area contributed by atoms with E-state index in [0.29, 0.717) is 17.7 Å². The highest BCUT2D eigenvalue weighted by Crippen LogP contribution is 2.38. The second-order valence-electron chi connectivity index (χ2n) is 4.47. The average molecular weight is 224 g/mol. The standard InChI is InChI=1S/C11H17FN4/c1-7-4-8(7)6-16(3)10-9(12)5-14-11(13-2)15-10/h5,7-8H,4,6H2,1-3H3,(H,13,14,15). The molecule has 1 saturated carbocycles. The number of aromatic nitrogens is 2. The SMILES string of the molecule is CNc1ncc(F)c(N(C)CC2CC2C)n1. The molecule has 0 bridgehead atoms. The van der Waals surface area contributed by atoms with Gasteiger partial charge in [-0.05, 0) is 18.3 Å². The van der Waals surface area contributed by atoms with Gasteiger partial charge in [-0.1, -0.05) is 6.92 Å². The molecule has 0 aromatic carbocycles. The van der Waals surface area contributed by atoms with Crippen LogP contribution in [0.1, 0.15) is 13.3 Å². The molecule has 1 fully saturated rings. The Morgan fingerprint density at radius 3 is 2.88 bits per heavy atom. The van der Waals surface area contributed by atoms with Gasteiger partial charge in [-0.2, -0.15) is 4.98 Å². The lowest BCUT2D eigenvalue weighted by atomic mass is 10.3. The molecule has 2 unspecified atom stereocenters. The predicted octanol–water partition coefficient (Wildman–Crippen LogP) is 1.75. The fourth-order valence-electron chi connectivity index (χ4n) is 1.84. The average Bonchev–Trinajstić information content (AvgIpc) is 2.94. The van der Waals surface area contributed by atoms with Gasteiger partial charge in [0.25, 0.3) is 0 Å². The van der Waals surface area contributed by atoms with Gasteiger partial charge < -0.3 is 10.2 Å². The Balaban J connectivity index is 2.11. The molecule has 1 aliphatic carbocycles. The summed E-state index contributed by atoms with van der Waals surface area (Å²) in [6.07, 6.45) is 2.44. The molecule has 0 aliphatic heterocycles. The van der Waals surface area contributed by atoms with E-state index in [1.165, 1.54) is 12.6 Å². The summed E-state index contributed by atoms with van der Waals surface area (Å²) in [6, 6.07) is 0. The smallest absolute Gasteiger partial charge is 0.224 e. The molecule has 0 radical (unpaired) electrons. The predicted molar refractivity (Wildman–Crippen MR) is 62.1 cm³/mol. The molecule has 1 heterocycles. The van der Waals surface area contributed by atoms with Crippen molar-refractivity contribution in [1.82, 2.24) is 9.97 Å². The molecule has 88 valence electrons. The summed E-state index contributed by atoms with van der Waals surface area (Å²) in [7, 11) is 3.59. The molecule has 5 heteroatoms. The highest BCUT2D eigenvalue weighted by molar-refractivity contribution is 5.43. The Hall–Kier alpha value is -1.39. The van der Waals surface area contributed by atoms with Gasteiger partial charge in [-0.25, -0.2) is 9.37 Å². The third kappa shape index (κ3) is 2.23. The number of rotatable bonds is 4. The minimum atomic E-state index is -0.366. The second-order valence-corrected chi connectivity index (χ2v) is 4.47. The number of hydrogen-bond acceptors (Lipinski definition) is 4. The number of halogens is 1. The van der Waals surface area contributed by atoms with Gasteiger partial charge in [-0.3, -0.25) is 0 Å². The summed E-state index contributed by atoms with van der Waals surface area (Å²) < 4.78 is 13.5. The van der Waals surface area contributed by atoms with Gasteiger partial charge in [0.1, 0.15) is 0 Å². The largest absolute Gasteiger partial charge is 0.357 e. The van der Waals surface area contributed by atoms with Gasteiger partial charge in [-0.15, -0.1) is 0 Å². The highest BCUT2D eigenvalue weighted by Gasteiger charge is 2.33. The maximum Gasteiger partial charge on any atom is 0.224 e. The van der Waals surface area contributed by atoms with E-state index < -0.39 is 0 Å². The van der Waals surface area contributed by atoms with E-state index in [4.69, 9.17) is 0 Å². The molecule has 16 heavy (non-hydrogen) atoms. The van der Waals surface area contributed by atoms with E-state index in [2.05, 4.69) is 22.2 Å². The van der Waals surface area contributed by atoms with Crippen LogP contribution in [0, 0.1) is 17.7 Å². The third-order valence-corrected chi connectivity index (χ3v) is 3.10. The van der Waals surface area contributed by atoms with Crippen LogP contribution in [0.25, 0.3) is 0 Å². The van der Waals surface area contributed by atoms with Crippen LogP contribution in [0.2, 0.25) is 0 Å². The maximum atomic E-state index is 13.5. The van der Waals surface area contributed by atoms with Crippen molar-refractivity contribution < 1.29 is 4.39 Å². The monoisotopic (exact) mass is 224 g/mol. The van der Waals surface area contributed by atoms with Crippen molar-refractivity contribution in [2.45, 2.75) is 13.3 Å².